The van der Waals surface area contributed by atoms with Crippen molar-refractivity contribution in [2.45, 2.75) is 60.1 Å². The van der Waals surface area contributed by atoms with Crippen LogP contribution in [0.2, 0.25) is 0 Å². The third kappa shape index (κ3) is 5.20. The van der Waals surface area contributed by atoms with Crippen LogP contribution >= 0.6 is 0 Å². The molecule has 3 heterocycles. The SMILES string of the molecule is CN/C(=C\C(=N)C(C)C)N1CCc2nc(-c3c(C)cccc3C)nc(N3CCC(O)C(C)C3)c2C1. The van der Waals surface area contributed by atoms with Crippen LogP contribution in [-0.2, 0) is 13.0 Å². The number of hydrogen-bond donors (Lipinski definition) is 3. The highest BCUT2D eigenvalue weighted by Crippen LogP contribution is 2.34. The topological polar surface area (TPSA) is 88.4 Å². The summed E-state index contributed by atoms with van der Waals surface area (Å²) < 4.78 is 0. The van der Waals surface area contributed by atoms with Gasteiger partial charge in [-0.3, -0.25) is 0 Å². The van der Waals surface area contributed by atoms with Crippen molar-refractivity contribution < 1.29 is 5.11 Å². The minimum absolute atomic E-state index is 0.176. The van der Waals surface area contributed by atoms with Gasteiger partial charge in [-0.25, -0.2) is 9.97 Å². The lowest BCUT2D eigenvalue weighted by Crippen LogP contribution is -2.44. The van der Waals surface area contributed by atoms with Crippen molar-refractivity contribution in [2.24, 2.45) is 11.8 Å². The number of aliphatic hydroxyl groups is 1. The molecule has 0 bridgehead atoms. The highest BCUT2D eigenvalue weighted by Gasteiger charge is 2.31. The standard InChI is InChI=1S/C28H40N6O/c1-17(2)22(29)14-25(30-6)33-12-10-23-21(16-33)28(34-13-11-24(35)20(5)15-34)32-27(31-23)26-18(3)8-7-9-19(26)4/h7-9,14,17,20,24,29-30,35H,10-13,15-16H2,1-6H3/b25-14+,29-22?. The Morgan fingerprint density at radius 2 is 1.91 bits per heavy atom. The van der Waals surface area contributed by atoms with Gasteiger partial charge in [0.25, 0.3) is 0 Å². The molecule has 1 fully saturated rings. The number of piperidine rings is 1. The molecule has 2 atom stereocenters. The van der Waals surface area contributed by atoms with E-state index in [1.54, 1.807) is 0 Å². The Balaban J connectivity index is 1.79. The predicted molar refractivity (Wildman–Crippen MR) is 143 cm³/mol. The molecule has 0 aliphatic carbocycles. The maximum absolute atomic E-state index is 10.4. The van der Waals surface area contributed by atoms with Gasteiger partial charge in [-0.15, -0.1) is 0 Å². The molecule has 188 valence electrons. The number of aliphatic hydroxyl groups excluding tert-OH is 1. The largest absolute Gasteiger partial charge is 0.393 e. The predicted octanol–water partition coefficient (Wildman–Crippen LogP) is 4.06. The van der Waals surface area contributed by atoms with Gasteiger partial charge in [0.1, 0.15) is 11.6 Å². The maximum Gasteiger partial charge on any atom is 0.162 e. The molecular formula is C28H40N6O. The van der Waals surface area contributed by atoms with Crippen LogP contribution in [0.4, 0.5) is 5.82 Å². The molecule has 7 nitrogen and oxygen atoms in total. The van der Waals surface area contributed by atoms with Gasteiger partial charge in [-0.2, -0.15) is 0 Å². The van der Waals surface area contributed by atoms with Crippen molar-refractivity contribution in [3.63, 3.8) is 0 Å². The van der Waals surface area contributed by atoms with E-state index in [-0.39, 0.29) is 17.9 Å². The Labute approximate surface area is 209 Å². The van der Waals surface area contributed by atoms with E-state index in [1.807, 2.05) is 27.0 Å². The summed E-state index contributed by atoms with van der Waals surface area (Å²) in [6, 6.07) is 6.33. The minimum atomic E-state index is -0.264. The number of nitrogens with zero attached hydrogens (tertiary/aromatic N) is 4. The second kappa shape index (κ2) is 10.4. The van der Waals surface area contributed by atoms with Gasteiger partial charge in [0.15, 0.2) is 5.82 Å². The number of hydrogen-bond acceptors (Lipinski definition) is 7. The van der Waals surface area contributed by atoms with Crippen molar-refractivity contribution >= 4 is 11.5 Å². The lowest BCUT2D eigenvalue weighted by atomic mass is 9.95. The molecule has 2 aromatic rings. The van der Waals surface area contributed by atoms with E-state index < -0.39 is 0 Å². The molecular weight excluding hydrogens is 436 g/mol. The third-order valence-corrected chi connectivity index (χ3v) is 7.41. The normalized spacial score (nSPS) is 20.7. The van der Waals surface area contributed by atoms with E-state index in [1.165, 1.54) is 11.1 Å². The Morgan fingerprint density at radius 1 is 1.20 bits per heavy atom. The summed E-state index contributed by atoms with van der Waals surface area (Å²) in [4.78, 5) is 14.9. The first kappa shape index (κ1) is 25.2. The quantitative estimate of drug-likeness (QED) is 0.545. The molecule has 4 rings (SSSR count). The smallest absolute Gasteiger partial charge is 0.162 e. The second-order valence-corrected chi connectivity index (χ2v) is 10.4. The molecule has 7 heteroatoms. The number of aromatic nitrogens is 2. The molecule has 0 amide bonds. The van der Waals surface area contributed by atoms with Crippen LogP contribution in [0.25, 0.3) is 11.4 Å². The fourth-order valence-corrected chi connectivity index (χ4v) is 5.10. The molecule has 1 aromatic heterocycles. The van der Waals surface area contributed by atoms with Crippen molar-refractivity contribution in [2.75, 3.05) is 31.6 Å². The summed E-state index contributed by atoms with van der Waals surface area (Å²) >= 11 is 0. The van der Waals surface area contributed by atoms with Crippen molar-refractivity contribution in [3.05, 3.63) is 52.5 Å². The van der Waals surface area contributed by atoms with Crippen LogP contribution in [0.3, 0.4) is 0 Å². The van der Waals surface area contributed by atoms with E-state index in [0.717, 1.165) is 66.8 Å². The summed E-state index contributed by atoms with van der Waals surface area (Å²) in [5.41, 5.74) is 6.36. The summed E-state index contributed by atoms with van der Waals surface area (Å²) in [6.45, 7) is 13.6. The third-order valence-electron chi connectivity index (χ3n) is 7.41. The Hall–Kier alpha value is -2.93. The van der Waals surface area contributed by atoms with Crippen molar-refractivity contribution in [1.82, 2.24) is 20.2 Å². The van der Waals surface area contributed by atoms with Crippen LogP contribution in [0.5, 0.6) is 0 Å². The average Bonchev–Trinajstić information content (AvgIpc) is 2.83. The van der Waals surface area contributed by atoms with Crippen LogP contribution in [0, 0.1) is 31.1 Å². The lowest BCUT2D eigenvalue weighted by Gasteiger charge is -2.39. The zero-order valence-electron chi connectivity index (χ0n) is 22.0. The minimum Gasteiger partial charge on any atom is -0.393 e. The van der Waals surface area contributed by atoms with Gasteiger partial charge in [-0.1, -0.05) is 39.0 Å². The highest BCUT2D eigenvalue weighted by atomic mass is 16.3. The van der Waals surface area contributed by atoms with Crippen molar-refractivity contribution in [1.29, 1.82) is 5.41 Å². The number of fused-ring (bicyclic) bond motifs is 1. The molecule has 2 aliphatic rings. The first-order valence-electron chi connectivity index (χ1n) is 12.8. The molecule has 3 N–H and O–H groups in total. The van der Waals surface area contributed by atoms with E-state index >= 15 is 0 Å². The van der Waals surface area contributed by atoms with Gasteiger partial charge in [0.2, 0.25) is 0 Å². The van der Waals surface area contributed by atoms with Gasteiger partial charge in [-0.05, 0) is 49.3 Å². The lowest BCUT2D eigenvalue weighted by molar-refractivity contribution is 0.0967. The summed E-state index contributed by atoms with van der Waals surface area (Å²) in [5.74, 6) is 3.12. The fourth-order valence-electron chi connectivity index (χ4n) is 5.10. The first-order valence-corrected chi connectivity index (χ1v) is 12.8. The molecule has 35 heavy (non-hydrogen) atoms. The number of nitrogens with one attached hydrogen (secondary N) is 2. The van der Waals surface area contributed by atoms with Crippen molar-refractivity contribution in [3.8, 4) is 11.4 Å². The first-order chi connectivity index (χ1) is 16.7. The van der Waals surface area contributed by atoms with E-state index in [9.17, 15) is 5.11 Å². The number of benzene rings is 1. The molecule has 1 aromatic carbocycles. The average molecular weight is 477 g/mol. The Bertz CT molecular complexity index is 1100. The molecule has 0 radical (unpaired) electrons. The monoisotopic (exact) mass is 476 g/mol. The Kier molecular flexibility index (Phi) is 7.45. The number of rotatable bonds is 6. The summed E-state index contributed by atoms with van der Waals surface area (Å²) in [6.07, 6.45) is 3.25. The zero-order chi connectivity index (χ0) is 25.3. The zero-order valence-corrected chi connectivity index (χ0v) is 22.0. The highest BCUT2D eigenvalue weighted by molar-refractivity contribution is 5.94. The van der Waals surface area contributed by atoms with Crippen LogP contribution in [-0.4, -0.2) is 58.5 Å². The van der Waals surface area contributed by atoms with Gasteiger partial charge < -0.3 is 25.6 Å². The van der Waals surface area contributed by atoms with Gasteiger partial charge >= 0.3 is 0 Å². The van der Waals surface area contributed by atoms with Crippen LogP contribution in [0.15, 0.2) is 30.1 Å². The molecule has 0 spiro atoms. The van der Waals surface area contributed by atoms with E-state index in [0.29, 0.717) is 12.3 Å². The van der Waals surface area contributed by atoms with Crippen LogP contribution < -0.4 is 10.2 Å². The number of aryl methyl sites for hydroxylation is 2. The Morgan fingerprint density at radius 3 is 2.54 bits per heavy atom. The summed E-state index contributed by atoms with van der Waals surface area (Å²) in [7, 11) is 1.92. The molecule has 0 saturated carbocycles. The molecule has 1 saturated heterocycles. The fraction of sp³-hybridized carbons (Fsp3) is 0.536. The number of anilines is 1. The van der Waals surface area contributed by atoms with E-state index in [2.05, 4.69) is 54.1 Å². The number of allylic oxidation sites excluding steroid dienone is 1. The van der Waals surface area contributed by atoms with Gasteiger partial charge in [0.05, 0.1) is 11.8 Å². The van der Waals surface area contributed by atoms with Gasteiger partial charge in [0, 0.05) is 56.5 Å². The maximum atomic E-state index is 10.4. The van der Waals surface area contributed by atoms with E-state index in [4.69, 9.17) is 15.4 Å². The molecule has 2 unspecified atom stereocenters. The summed E-state index contributed by atoms with van der Waals surface area (Å²) in [5, 5.41) is 22.0. The molecule has 2 aliphatic heterocycles. The van der Waals surface area contributed by atoms with Crippen LogP contribution in [0.1, 0.15) is 49.6 Å². The second-order valence-electron chi connectivity index (χ2n) is 10.4.